The first-order valence-corrected chi connectivity index (χ1v) is 6.40. The Morgan fingerprint density at radius 2 is 2.12 bits per heavy atom. The van der Waals surface area contributed by atoms with Crippen molar-refractivity contribution in [1.29, 1.82) is 5.26 Å². The van der Waals surface area contributed by atoms with Gasteiger partial charge in [0.25, 0.3) is 0 Å². The Hall–Kier alpha value is -1.29. The van der Waals surface area contributed by atoms with E-state index < -0.39 is 12.8 Å². The second kappa shape index (κ2) is 5.87. The van der Waals surface area contributed by atoms with E-state index in [2.05, 4.69) is 13.0 Å². The Morgan fingerprint density at radius 1 is 1.35 bits per heavy atom. The van der Waals surface area contributed by atoms with Crippen molar-refractivity contribution in [2.45, 2.75) is 51.3 Å². The first kappa shape index (κ1) is 8.75. The molecule has 1 aliphatic rings. The molecular weight excluding hydrogens is 206 g/mol. The molecule has 17 heavy (non-hydrogen) atoms. The molecule has 1 aromatic carbocycles. The molecule has 1 nitrogen and oxygen atoms in total. The van der Waals surface area contributed by atoms with Crippen LogP contribution in [0.15, 0.2) is 24.3 Å². The van der Waals surface area contributed by atoms with E-state index in [0.29, 0.717) is 17.9 Å². The van der Waals surface area contributed by atoms with Crippen LogP contribution in [-0.4, -0.2) is 0 Å². The third-order valence-corrected chi connectivity index (χ3v) is 3.43. The molecule has 0 aliphatic heterocycles. The van der Waals surface area contributed by atoms with Gasteiger partial charge in [-0.2, -0.15) is 5.26 Å². The van der Waals surface area contributed by atoms with Crippen LogP contribution in [0.4, 0.5) is 0 Å². The smallest absolute Gasteiger partial charge is 0.0991 e. The third-order valence-electron chi connectivity index (χ3n) is 3.43. The van der Waals surface area contributed by atoms with Crippen LogP contribution >= 0.6 is 0 Å². The lowest BCUT2D eigenvalue weighted by Crippen LogP contribution is -2.13. The van der Waals surface area contributed by atoms with Gasteiger partial charge in [-0.15, -0.1) is 0 Å². The van der Waals surface area contributed by atoms with Gasteiger partial charge in [-0.3, -0.25) is 0 Å². The molecule has 0 N–H and O–H groups in total. The van der Waals surface area contributed by atoms with E-state index in [1.165, 1.54) is 0 Å². The zero-order valence-corrected chi connectivity index (χ0v) is 10.3. The minimum atomic E-state index is -1.33. The molecular formula is C16H21N. The molecule has 1 aromatic rings. The van der Waals surface area contributed by atoms with Crippen LogP contribution in [0.1, 0.15) is 66.5 Å². The number of hydrogen-bond donors (Lipinski definition) is 0. The normalized spacial score (nSPS) is 34.1. The SMILES string of the molecule is [2H][C@@H]1C[C@@H](CCC)CC([2H])([2H])C1c1ccc(C#N)cc1. The first-order chi connectivity index (χ1) is 9.47. The highest BCUT2D eigenvalue weighted by molar-refractivity contribution is 5.33. The van der Waals surface area contributed by atoms with E-state index in [4.69, 9.17) is 9.37 Å². The maximum Gasteiger partial charge on any atom is 0.0991 e. The molecule has 0 radical (unpaired) electrons. The predicted molar refractivity (Wildman–Crippen MR) is 70.8 cm³/mol. The molecule has 1 saturated carbocycles. The summed E-state index contributed by atoms with van der Waals surface area (Å²) in [7, 11) is 0. The highest BCUT2D eigenvalue weighted by Gasteiger charge is 2.21. The predicted octanol–water partition coefficient (Wildman–Crippen LogP) is 4.63. The molecule has 0 heterocycles. The van der Waals surface area contributed by atoms with Crippen LogP contribution in [0.3, 0.4) is 0 Å². The summed E-state index contributed by atoms with van der Waals surface area (Å²) in [5.74, 6) is -0.0597. The number of benzene rings is 1. The van der Waals surface area contributed by atoms with Gasteiger partial charge in [-0.1, -0.05) is 31.9 Å². The zero-order chi connectivity index (χ0) is 14.8. The van der Waals surface area contributed by atoms with Gasteiger partial charge in [0.2, 0.25) is 0 Å². The summed E-state index contributed by atoms with van der Waals surface area (Å²) in [6.07, 6.45) is 1.64. The molecule has 1 unspecified atom stereocenters. The summed E-state index contributed by atoms with van der Waals surface area (Å²) < 4.78 is 25.0. The van der Waals surface area contributed by atoms with Crippen molar-refractivity contribution in [3.05, 3.63) is 35.4 Å². The van der Waals surface area contributed by atoms with Crippen LogP contribution in [0.5, 0.6) is 0 Å². The Morgan fingerprint density at radius 3 is 2.71 bits per heavy atom. The average Bonchev–Trinajstić information content (AvgIpc) is 2.38. The van der Waals surface area contributed by atoms with Crippen LogP contribution in [-0.2, 0) is 0 Å². The summed E-state index contributed by atoms with van der Waals surface area (Å²) in [5.41, 5.74) is 1.43. The van der Waals surface area contributed by atoms with Crippen molar-refractivity contribution in [3.8, 4) is 6.07 Å². The molecule has 0 bridgehead atoms. The van der Waals surface area contributed by atoms with Gasteiger partial charge in [0, 0.05) is 4.11 Å². The van der Waals surface area contributed by atoms with Gasteiger partial charge in [0.05, 0.1) is 11.6 Å². The van der Waals surface area contributed by atoms with Gasteiger partial charge in [-0.25, -0.2) is 0 Å². The summed E-state index contributed by atoms with van der Waals surface area (Å²) >= 11 is 0. The topological polar surface area (TPSA) is 23.8 Å². The largest absolute Gasteiger partial charge is 0.192 e. The molecule has 0 spiro atoms. The van der Waals surface area contributed by atoms with E-state index >= 15 is 0 Å². The van der Waals surface area contributed by atoms with Gasteiger partial charge in [0.1, 0.15) is 0 Å². The first-order valence-electron chi connectivity index (χ1n) is 7.98. The maximum atomic E-state index is 8.83. The molecule has 1 fully saturated rings. The second-order valence-electron chi connectivity index (χ2n) is 4.75. The van der Waals surface area contributed by atoms with Crippen LogP contribution in [0.25, 0.3) is 0 Å². The lowest BCUT2D eigenvalue weighted by Gasteiger charge is -2.28. The number of nitrogens with zero attached hydrogens (tertiary/aromatic N) is 1. The van der Waals surface area contributed by atoms with Crippen molar-refractivity contribution >= 4 is 0 Å². The van der Waals surface area contributed by atoms with Gasteiger partial charge in [0.15, 0.2) is 0 Å². The average molecular weight is 230 g/mol. The lowest BCUT2D eigenvalue weighted by molar-refractivity contribution is 0.308. The van der Waals surface area contributed by atoms with E-state index in [9.17, 15) is 0 Å². The maximum absolute atomic E-state index is 8.83. The number of nitriles is 1. The van der Waals surface area contributed by atoms with E-state index in [1.54, 1.807) is 12.1 Å². The fourth-order valence-electron chi connectivity index (χ4n) is 2.44. The Labute approximate surface area is 109 Å². The number of rotatable bonds is 3. The summed E-state index contributed by atoms with van der Waals surface area (Å²) in [6.45, 7) is 2.11. The quantitative estimate of drug-likeness (QED) is 0.742. The van der Waals surface area contributed by atoms with Crippen molar-refractivity contribution < 1.29 is 4.11 Å². The van der Waals surface area contributed by atoms with Crippen LogP contribution < -0.4 is 0 Å². The molecule has 3 atom stereocenters. The van der Waals surface area contributed by atoms with E-state index in [0.717, 1.165) is 24.8 Å². The van der Waals surface area contributed by atoms with Gasteiger partial charge >= 0.3 is 0 Å². The monoisotopic (exact) mass is 230 g/mol. The number of hydrogen-bond acceptors (Lipinski definition) is 1. The van der Waals surface area contributed by atoms with Crippen molar-refractivity contribution in [2.75, 3.05) is 0 Å². The summed E-state index contributed by atoms with van der Waals surface area (Å²) in [4.78, 5) is 0. The summed E-state index contributed by atoms with van der Waals surface area (Å²) in [5, 5.41) is 8.83. The highest BCUT2D eigenvalue weighted by atomic mass is 14.3. The highest BCUT2D eigenvalue weighted by Crippen LogP contribution is 2.37. The van der Waals surface area contributed by atoms with Crippen molar-refractivity contribution in [3.63, 3.8) is 0 Å². The van der Waals surface area contributed by atoms with Crippen molar-refractivity contribution in [2.24, 2.45) is 5.92 Å². The van der Waals surface area contributed by atoms with Gasteiger partial charge < -0.3 is 0 Å². The minimum Gasteiger partial charge on any atom is -0.192 e. The van der Waals surface area contributed by atoms with Gasteiger partial charge in [-0.05, 0) is 55.1 Å². The molecule has 0 saturated heterocycles. The summed E-state index contributed by atoms with van der Waals surface area (Å²) in [6, 6.07) is 9.13. The Bertz CT molecular complexity index is 489. The molecule has 0 aromatic heterocycles. The Kier molecular flexibility index (Phi) is 3.02. The fourth-order valence-corrected chi connectivity index (χ4v) is 2.44. The van der Waals surface area contributed by atoms with E-state index in [1.807, 2.05) is 12.1 Å². The van der Waals surface area contributed by atoms with Crippen LogP contribution in [0, 0.1) is 17.2 Å². The molecule has 0 amide bonds. The third kappa shape index (κ3) is 3.09. The zero-order valence-electron chi connectivity index (χ0n) is 13.3. The molecule has 1 heteroatoms. The van der Waals surface area contributed by atoms with E-state index in [-0.39, 0.29) is 5.92 Å². The lowest BCUT2D eigenvalue weighted by atomic mass is 9.77. The standard InChI is InChI=1S/C16H21N/c1-2-3-13-4-8-15(9-5-13)16-10-6-14(12-17)7-11-16/h6-7,10-11,13,15H,2-5,8-9H2,1H3/t13-,15?/i8D,9D2/t8-,13-,15?/m1/s1. The minimum absolute atomic E-state index is 0.326. The fraction of sp³-hybridized carbons (Fsp3) is 0.562. The molecule has 1 aliphatic carbocycles. The van der Waals surface area contributed by atoms with Crippen LogP contribution in [0.2, 0.25) is 0 Å². The second-order valence-corrected chi connectivity index (χ2v) is 4.75. The van der Waals surface area contributed by atoms with Crippen molar-refractivity contribution in [1.82, 2.24) is 0 Å². The molecule has 2 rings (SSSR count). The molecule has 90 valence electrons. The Balaban J connectivity index is 2.24.